The van der Waals surface area contributed by atoms with Crippen LogP contribution in [0.1, 0.15) is 12.0 Å². The third-order valence-electron chi connectivity index (χ3n) is 2.38. The number of nitrogens with two attached hydrogens (primary N) is 3. The molecule has 0 fully saturated rings. The van der Waals surface area contributed by atoms with Gasteiger partial charge < -0.3 is 16.8 Å². The summed E-state index contributed by atoms with van der Waals surface area (Å²) in [6, 6.07) is 2.87. The van der Waals surface area contributed by atoms with Crippen LogP contribution in [-0.2, 0) is 14.8 Å². The molecular formula is C10H16N4O3S. The molecule has 7 nitrogen and oxygen atoms in total. The predicted octanol–water partition coefficient (Wildman–Crippen LogP) is -0.488. The zero-order valence-electron chi connectivity index (χ0n) is 9.93. The molecule has 0 aliphatic carbocycles. The molecular weight excluding hydrogens is 256 g/mol. The van der Waals surface area contributed by atoms with Crippen LogP contribution in [0.4, 0.5) is 11.4 Å². The summed E-state index contributed by atoms with van der Waals surface area (Å²) in [7, 11) is -3.83. The van der Waals surface area contributed by atoms with Gasteiger partial charge in [0.05, 0.1) is 4.90 Å². The summed E-state index contributed by atoms with van der Waals surface area (Å²) in [6.45, 7) is 1.90. The molecule has 0 unspecified atom stereocenters. The number of anilines is 2. The average molecular weight is 272 g/mol. The molecule has 0 atom stereocenters. The summed E-state index contributed by atoms with van der Waals surface area (Å²) in [5, 5.41) is 7.98. The number of primary sulfonamides is 1. The lowest BCUT2D eigenvalue weighted by atomic mass is 10.1. The third-order valence-corrected chi connectivity index (χ3v) is 3.41. The number of benzene rings is 1. The van der Waals surface area contributed by atoms with Crippen molar-refractivity contribution >= 4 is 27.3 Å². The van der Waals surface area contributed by atoms with Crippen LogP contribution < -0.4 is 21.9 Å². The smallest absolute Gasteiger partial charge is 0.238 e. The van der Waals surface area contributed by atoms with Crippen molar-refractivity contribution in [1.82, 2.24) is 0 Å². The van der Waals surface area contributed by atoms with Crippen molar-refractivity contribution in [2.24, 2.45) is 10.9 Å². The fraction of sp³-hybridized carbons (Fsp3) is 0.300. The largest absolute Gasteiger partial charge is 0.399 e. The molecule has 0 aliphatic rings. The number of nitrogen functional groups attached to an aromatic ring is 1. The number of carbonyl (C=O) groups is 1. The second kappa shape index (κ2) is 5.23. The Bertz CT molecular complexity index is 569. The highest BCUT2D eigenvalue weighted by Gasteiger charge is 2.15. The molecule has 8 heteroatoms. The lowest BCUT2D eigenvalue weighted by Crippen LogP contribution is -2.18. The van der Waals surface area contributed by atoms with Gasteiger partial charge in [-0.3, -0.25) is 4.79 Å². The van der Waals surface area contributed by atoms with E-state index in [1.54, 1.807) is 13.0 Å². The van der Waals surface area contributed by atoms with Crippen molar-refractivity contribution in [3.05, 3.63) is 17.7 Å². The van der Waals surface area contributed by atoms with Crippen LogP contribution in [0.5, 0.6) is 0 Å². The van der Waals surface area contributed by atoms with Crippen LogP contribution in [-0.4, -0.2) is 20.9 Å². The maximum atomic E-state index is 11.4. The van der Waals surface area contributed by atoms with E-state index in [0.29, 0.717) is 17.8 Å². The Kier molecular flexibility index (Phi) is 4.15. The van der Waals surface area contributed by atoms with E-state index in [1.807, 2.05) is 0 Å². The summed E-state index contributed by atoms with van der Waals surface area (Å²) in [4.78, 5) is 10.6. The zero-order chi connectivity index (χ0) is 13.9. The van der Waals surface area contributed by atoms with Gasteiger partial charge in [-0.25, -0.2) is 13.6 Å². The van der Waals surface area contributed by atoms with E-state index in [-0.39, 0.29) is 17.0 Å². The van der Waals surface area contributed by atoms with E-state index < -0.39 is 15.9 Å². The summed E-state index contributed by atoms with van der Waals surface area (Å²) in [5.74, 6) is -0.448. The van der Waals surface area contributed by atoms with Crippen molar-refractivity contribution in [1.29, 1.82) is 0 Å². The molecule has 7 N–H and O–H groups in total. The molecule has 1 aromatic rings. The Balaban J connectivity index is 3.06. The van der Waals surface area contributed by atoms with Crippen LogP contribution in [0.25, 0.3) is 0 Å². The molecule has 18 heavy (non-hydrogen) atoms. The van der Waals surface area contributed by atoms with Gasteiger partial charge in [0.15, 0.2) is 0 Å². The molecule has 0 saturated carbocycles. The summed E-state index contributed by atoms with van der Waals surface area (Å²) < 4.78 is 22.7. The first-order chi connectivity index (χ1) is 8.21. The molecule has 1 amide bonds. The first-order valence-corrected chi connectivity index (χ1v) is 6.71. The van der Waals surface area contributed by atoms with Crippen molar-refractivity contribution < 1.29 is 13.2 Å². The van der Waals surface area contributed by atoms with E-state index in [2.05, 4.69) is 5.32 Å². The average Bonchev–Trinajstić information content (AvgIpc) is 2.20. The Labute approximate surface area is 105 Å². The molecule has 1 aromatic carbocycles. The van der Waals surface area contributed by atoms with Crippen LogP contribution in [0.3, 0.4) is 0 Å². The number of carbonyl (C=O) groups excluding carboxylic acids is 1. The van der Waals surface area contributed by atoms with Crippen LogP contribution >= 0.6 is 0 Å². The number of nitrogens with one attached hydrogen (secondary N) is 1. The topological polar surface area (TPSA) is 141 Å². The fourth-order valence-corrected chi connectivity index (χ4v) is 2.35. The van der Waals surface area contributed by atoms with E-state index >= 15 is 0 Å². The predicted molar refractivity (Wildman–Crippen MR) is 69.3 cm³/mol. The molecule has 0 aromatic heterocycles. The molecule has 0 aliphatic heterocycles. The first kappa shape index (κ1) is 14.3. The van der Waals surface area contributed by atoms with Crippen molar-refractivity contribution in [3.63, 3.8) is 0 Å². The molecule has 0 radical (unpaired) electrons. The Morgan fingerprint density at radius 1 is 1.39 bits per heavy atom. The standard InChI is InChI=1S/C10H16N4O3S/c1-6-8(14-3-2-10(12)15)4-7(11)5-9(6)18(13,16)17/h4-5,14H,2-3,11H2,1H3,(H2,12,15)(H2,13,16,17). The number of sulfonamides is 1. The van der Waals surface area contributed by atoms with Gasteiger partial charge in [-0.2, -0.15) is 0 Å². The number of hydrogen-bond acceptors (Lipinski definition) is 5. The summed E-state index contributed by atoms with van der Waals surface area (Å²) in [6.07, 6.45) is 0.138. The van der Waals surface area contributed by atoms with Gasteiger partial charge in [0.1, 0.15) is 0 Å². The van der Waals surface area contributed by atoms with Gasteiger partial charge in [0.2, 0.25) is 15.9 Å². The Hall–Kier alpha value is -1.80. The molecule has 100 valence electrons. The molecule has 0 bridgehead atoms. The van der Waals surface area contributed by atoms with Gasteiger partial charge in [-0.1, -0.05) is 0 Å². The monoisotopic (exact) mass is 272 g/mol. The molecule has 1 rings (SSSR count). The highest BCUT2D eigenvalue weighted by Crippen LogP contribution is 2.25. The molecule has 0 spiro atoms. The van der Waals surface area contributed by atoms with E-state index in [4.69, 9.17) is 16.6 Å². The minimum absolute atomic E-state index is 0.0379. The van der Waals surface area contributed by atoms with Gasteiger partial charge in [-0.05, 0) is 24.6 Å². The molecule has 0 saturated heterocycles. The van der Waals surface area contributed by atoms with Crippen molar-refractivity contribution in [2.75, 3.05) is 17.6 Å². The Morgan fingerprint density at radius 2 is 2.00 bits per heavy atom. The fourth-order valence-electron chi connectivity index (χ4n) is 1.51. The van der Waals surface area contributed by atoms with Gasteiger partial charge >= 0.3 is 0 Å². The van der Waals surface area contributed by atoms with Crippen LogP contribution in [0, 0.1) is 6.92 Å². The second-order valence-corrected chi connectivity index (χ2v) is 5.41. The highest BCUT2D eigenvalue weighted by molar-refractivity contribution is 7.89. The van der Waals surface area contributed by atoms with Gasteiger partial charge in [-0.15, -0.1) is 0 Å². The lowest BCUT2D eigenvalue weighted by molar-refractivity contribution is -0.117. The van der Waals surface area contributed by atoms with Crippen LogP contribution in [0.2, 0.25) is 0 Å². The lowest BCUT2D eigenvalue weighted by Gasteiger charge is -2.13. The SMILES string of the molecule is Cc1c(NCCC(N)=O)cc(N)cc1S(N)(=O)=O. The van der Waals surface area contributed by atoms with Gasteiger partial charge in [0.25, 0.3) is 0 Å². The van der Waals surface area contributed by atoms with E-state index in [1.165, 1.54) is 6.07 Å². The van der Waals surface area contributed by atoms with Crippen molar-refractivity contribution in [2.45, 2.75) is 18.2 Å². The van der Waals surface area contributed by atoms with Crippen LogP contribution in [0.15, 0.2) is 17.0 Å². The molecule has 0 heterocycles. The maximum Gasteiger partial charge on any atom is 0.238 e. The Morgan fingerprint density at radius 3 is 2.50 bits per heavy atom. The first-order valence-electron chi connectivity index (χ1n) is 5.17. The maximum absolute atomic E-state index is 11.4. The number of amides is 1. The minimum atomic E-state index is -3.83. The van der Waals surface area contributed by atoms with Crippen molar-refractivity contribution in [3.8, 4) is 0 Å². The van der Waals surface area contributed by atoms with E-state index in [0.717, 1.165) is 0 Å². The quantitative estimate of drug-likeness (QED) is 0.535. The number of hydrogen-bond donors (Lipinski definition) is 4. The zero-order valence-corrected chi connectivity index (χ0v) is 10.8. The van der Waals surface area contributed by atoms with Gasteiger partial charge in [0, 0.05) is 24.3 Å². The number of primary amides is 1. The number of rotatable bonds is 5. The summed E-state index contributed by atoms with van der Waals surface area (Å²) >= 11 is 0. The summed E-state index contributed by atoms with van der Waals surface area (Å²) in [5.41, 5.74) is 11.8. The normalized spacial score (nSPS) is 11.2. The van der Waals surface area contributed by atoms with E-state index in [9.17, 15) is 13.2 Å². The minimum Gasteiger partial charge on any atom is -0.399 e. The second-order valence-electron chi connectivity index (χ2n) is 3.88. The third kappa shape index (κ3) is 3.60. The highest BCUT2D eigenvalue weighted by atomic mass is 32.2.